The van der Waals surface area contributed by atoms with Crippen molar-refractivity contribution in [1.82, 2.24) is 5.32 Å². The van der Waals surface area contributed by atoms with Crippen molar-refractivity contribution in [3.05, 3.63) is 59.1 Å². The van der Waals surface area contributed by atoms with Gasteiger partial charge in [0, 0.05) is 16.1 Å². The van der Waals surface area contributed by atoms with Gasteiger partial charge in [-0.2, -0.15) is 0 Å². The van der Waals surface area contributed by atoms with E-state index < -0.39 is 11.6 Å². The molecule has 0 radical (unpaired) electrons. The van der Waals surface area contributed by atoms with E-state index in [9.17, 15) is 8.78 Å². The van der Waals surface area contributed by atoms with E-state index in [1.807, 2.05) is 24.3 Å². The Morgan fingerprint density at radius 3 is 2.45 bits per heavy atom. The number of benzene rings is 3. The molecule has 4 nitrogen and oxygen atoms in total. The SMILES string of the molecule is COc1cc2c(Nc3c(F)cc(Cl)cc3F)cccc2cc1OC1CCNCC1. The number of hydrogen-bond acceptors (Lipinski definition) is 4. The van der Waals surface area contributed by atoms with Crippen LogP contribution in [0.5, 0.6) is 11.5 Å². The van der Waals surface area contributed by atoms with Crippen LogP contribution in [0, 0.1) is 11.6 Å². The molecule has 4 rings (SSSR count). The summed E-state index contributed by atoms with van der Waals surface area (Å²) in [5.41, 5.74) is 0.297. The van der Waals surface area contributed by atoms with E-state index in [4.69, 9.17) is 21.1 Å². The molecule has 0 aromatic heterocycles. The van der Waals surface area contributed by atoms with Crippen LogP contribution < -0.4 is 20.1 Å². The second kappa shape index (κ2) is 8.43. The molecule has 0 aliphatic carbocycles. The maximum absolute atomic E-state index is 14.2. The van der Waals surface area contributed by atoms with Crippen LogP contribution in [0.15, 0.2) is 42.5 Å². The molecule has 0 atom stereocenters. The lowest BCUT2D eigenvalue weighted by Gasteiger charge is -2.25. The Balaban J connectivity index is 1.71. The number of halogens is 3. The molecule has 1 aliphatic rings. The summed E-state index contributed by atoms with van der Waals surface area (Å²) in [5.74, 6) is -0.287. The average Bonchev–Trinajstić information content (AvgIpc) is 2.71. The minimum Gasteiger partial charge on any atom is -0.493 e. The Hall–Kier alpha value is -2.57. The zero-order chi connectivity index (χ0) is 20.4. The second-order valence-electron chi connectivity index (χ2n) is 6.97. The van der Waals surface area contributed by atoms with Crippen molar-refractivity contribution in [2.45, 2.75) is 18.9 Å². The lowest BCUT2D eigenvalue weighted by Crippen LogP contribution is -2.34. The van der Waals surface area contributed by atoms with Gasteiger partial charge in [0.15, 0.2) is 23.1 Å². The van der Waals surface area contributed by atoms with Crippen molar-refractivity contribution in [2.75, 3.05) is 25.5 Å². The van der Waals surface area contributed by atoms with Crippen LogP contribution in [0.3, 0.4) is 0 Å². The maximum Gasteiger partial charge on any atom is 0.162 e. The molecular formula is C22H21ClF2N2O2. The Kier molecular flexibility index (Phi) is 5.74. The number of ether oxygens (including phenoxy) is 2. The maximum atomic E-state index is 14.2. The zero-order valence-corrected chi connectivity index (χ0v) is 16.7. The number of hydrogen-bond donors (Lipinski definition) is 2. The topological polar surface area (TPSA) is 42.5 Å². The molecule has 1 aliphatic heterocycles. The molecule has 1 saturated heterocycles. The van der Waals surface area contributed by atoms with Gasteiger partial charge in [-0.05, 0) is 61.6 Å². The van der Waals surface area contributed by atoms with Gasteiger partial charge in [-0.25, -0.2) is 8.78 Å². The van der Waals surface area contributed by atoms with Crippen LogP contribution in [0.2, 0.25) is 5.02 Å². The molecule has 0 bridgehead atoms. The predicted molar refractivity (Wildman–Crippen MR) is 112 cm³/mol. The third-order valence-electron chi connectivity index (χ3n) is 5.01. The fourth-order valence-electron chi connectivity index (χ4n) is 3.53. The molecule has 152 valence electrons. The van der Waals surface area contributed by atoms with Gasteiger partial charge in [0.2, 0.25) is 0 Å². The van der Waals surface area contributed by atoms with E-state index in [0.717, 1.165) is 48.8 Å². The van der Waals surface area contributed by atoms with Crippen molar-refractivity contribution in [1.29, 1.82) is 0 Å². The fourth-order valence-corrected chi connectivity index (χ4v) is 3.73. The van der Waals surface area contributed by atoms with Crippen LogP contribution in [0.4, 0.5) is 20.2 Å². The van der Waals surface area contributed by atoms with Gasteiger partial charge in [0.1, 0.15) is 11.8 Å². The Morgan fingerprint density at radius 2 is 1.76 bits per heavy atom. The van der Waals surface area contributed by atoms with Crippen LogP contribution >= 0.6 is 11.6 Å². The number of anilines is 2. The first-order chi connectivity index (χ1) is 14.0. The van der Waals surface area contributed by atoms with Crippen molar-refractivity contribution in [2.24, 2.45) is 0 Å². The summed E-state index contributed by atoms with van der Waals surface area (Å²) in [6.07, 6.45) is 1.98. The largest absolute Gasteiger partial charge is 0.493 e. The number of nitrogens with one attached hydrogen (secondary N) is 2. The fraction of sp³-hybridized carbons (Fsp3) is 0.273. The minimum atomic E-state index is -0.759. The molecule has 0 saturated carbocycles. The van der Waals surface area contributed by atoms with Gasteiger partial charge in [-0.3, -0.25) is 0 Å². The zero-order valence-electron chi connectivity index (χ0n) is 15.9. The molecule has 7 heteroatoms. The second-order valence-corrected chi connectivity index (χ2v) is 7.40. The van der Waals surface area contributed by atoms with Crippen molar-refractivity contribution >= 4 is 33.7 Å². The molecule has 1 fully saturated rings. The van der Waals surface area contributed by atoms with Gasteiger partial charge in [0.05, 0.1) is 7.11 Å². The number of methoxy groups -OCH3 is 1. The first-order valence-corrected chi connectivity index (χ1v) is 9.82. The summed E-state index contributed by atoms with van der Waals surface area (Å²) in [6, 6.07) is 11.4. The van der Waals surface area contributed by atoms with E-state index in [0.29, 0.717) is 17.2 Å². The highest BCUT2D eigenvalue weighted by Crippen LogP contribution is 2.38. The van der Waals surface area contributed by atoms with Crippen LogP contribution in [-0.4, -0.2) is 26.3 Å². The molecule has 0 amide bonds. The molecule has 2 N–H and O–H groups in total. The van der Waals surface area contributed by atoms with Crippen LogP contribution in [0.1, 0.15) is 12.8 Å². The average molecular weight is 419 g/mol. The van der Waals surface area contributed by atoms with Crippen molar-refractivity contribution in [3.63, 3.8) is 0 Å². The van der Waals surface area contributed by atoms with Gasteiger partial charge < -0.3 is 20.1 Å². The molecule has 3 aromatic carbocycles. The van der Waals surface area contributed by atoms with E-state index in [1.165, 1.54) is 0 Å². The highest BCUT2D eigenvalue weighted by molar-refractivity contribution is 6.30. The lowest BCUT2D eigenvalue weighted by molar-refractivity contribution is 0.157. The van der Waals surface area contributed by atoms with E-state index in [2.05, 4.69) is 10.6 Å². The summed E-state index contributed by atoms with van der Waals surface area (Å²) in [5, 5.41) is 7.80. The van der Waals surface area contributed by atoms with Gasteiger partial charge in [0.25, 0.3) is 0 Å². The molecule has 29 heavy (non-hydrogen) atoms. The third-order valence-corrected chi connectivity index (χ3v) is 5.23. The van der Waals surface area contributed by atoms with E-state index in [1.54, 1.807) is 13.2 Å². The summed E-state index contributed by atoms with van der Waals surface area (Å²) >= 11 is 5.72. The number of piperidine rings is 1. The predicted octanol–water partition coefficient (Wildman–Crippen LogP) is 5.65. The van der Waals surface area contributed by atoms with Gasteiger partial charge in [-0.1, -0.05) is 23.7 Å². The smallest absolute Gasteiger partial charge is 0.162 e. The molecular weight excluding hydrogens is 398 g/mol. The Bertz CT molecular complexity index is 1020. The van der Waals surface area contributed by atoms with Crippen molar-refractivity contribution in [3.8, 4) is 11.5 Å². The number of fused-ring (bicyclic) bond motifs is 1. The normalized spacial score (nSPS) is 14.8. The van der Waals surface area contributed by atoms with Gasteiger partial charge in [-0.15, -0.1) is 0 Å². The summed E-state index contributed by atoms with van der Waals surface area (Å²) < 4.78 is 40.2. The quantitative estimate of drug-likeness (QED) is 0.561. The standard InChI is InChI=1S/C22H21ClF2N2O2/c1-28-20-12-16-13(9-21(20)29-15-5-7-26-8-6-15)3-2-4-19(16)27-22-17(24)10-14(23)11-18(22)25/h2-4,9-12,15,26-27H,5-8H2,1H3. The summed E-state index contributed by atoms with van der Waals surface area (Å²) in [4.78, 5) is 0. The van der Waals surface area contributed by atoms with E-state index >= 15 is 0 Å². The minimum absolute atomic E-state index is 0.00448. The van der Waals surface area contributed by atoms with Crippen LogP contribution in [-0.2, 0) is 0 Å². The number of rotatable bonds is 5. The molecule has 3 aromatic rings. The highest BCUT2D eigenvalue weighted by atomic mass is 35.5. The first kappa shape index (κ1) is 19.7. The lowest BCUT2D eigenvalue weighted by atomic mass is 10.1. The molecule has 0 unspecified atom stereocenters. The van der Waals surface area contributed by atoms with E-state index in [-0.39, 0.29) is 16.8 Å². The van der Waals surface area contributed by atoms with Gasteiger partial charge >= 0.3 is 0 Å². The Labute approximate surface area is 172 Å². The molecule has 1 heterocycles. The monoisotopic (exact) mass is 418 g/mol. The van der Waals surface area contributed by atoms with Crippen LogP contribution in [0.25, 0.3) is 10.8 Å². The third kappa shape index (κ3) is 4.23. The summed E-state index contributed by atoms with van der Waals surface area (Å²) in [7, 11) is 1.57. The van der Waals surface area contributed by atoms with Crippen molar-refractivity contribution < 1.29 is 18.3 Å². The highest BCUT2D eigenvalue weighted by Gasteiger charge is 2.18. The molecule has 0 spiro atoms. The first-order valence-electron chi connectivity index (χ1n) is 9.45. The Morgan fingerprint density at radius 1 is 1.03 bits per heavy atom. The summed E-state index contributed by atoms with van der Waals surface area (Å²) in [6.45, 7) is 1.85.